The van der Waals surface area contributed by atoms with Crippen molar-refractivity contribution >= 4 is 11.4 Å². The van der Waals surface area contributed by atoms with Crippen molar-refractivity contribution in [1.29, 1.82) is 0 Å². The summed E-state index contributed by atoms with van der Waals surface area (Å²) < 4.78 is 0. The maximum absolute atomic E-state index is 3.53. The van der Waals surface area contributed by atoms with Gasteiger partial charge >= 0.3 is 0 Å². The minimum atomic E-state index is 0.531. The number of hydrogen-bond acceptors (Lipinski definition) is 2. The molecule has 0 bridgehead atoms. The van der Waals surface area contributed by atoms with Crippen molar-refractivity contribution in [1.82, 2.24) is 0 Å². The molecule has 1 aromatic rings. The first-order valence-electron chi connectivity index (χ1n) is 7.26. The van der Waals surface area contributed by atoms with Gasteiger partial charge in [-0.15, -0.1) is 0 Å². The van der Waals surface area contributed by atoms with Crippen molar-refractivity contribution in [2.75, 3.05) is 29.9 Å². The lowest BCUT2D eigenvalue weighted by Crippen LogP contribution is -2.38. The summed E-state index contributed by atoms with van der Waals surface area (Å²) in [5.74, 6) is 0. The molecular formula is C16H24N2. The fourth-order valence-corrected chi connectivity index (χ4v) is 3.14. The van der Waals surface area contributed by atoms with E-state index >= 15 is 0 Å². The number of nitrogens with one attached hydrogen (secondary N) is 1. The van der Waals surface area contributed by atoms with Crippen molar-refractivity contribution < 1.29 is 0 Å². The number of fused-ring (bicyclic) bond motifs is 1. The summed E-state index contributed by atoms with van der Waals surface area (Å²) >= 11 is 0. The van der Waals surface area contributed by atoms with E-state index < -0.39 is 0 Å². The monoisotopic (exact) mass is 244 g/mol. The van der Waals surface area contributed by atoms with Crippen molar-refractivity contribution in [2.24, 2.45) is 5.41 Å². The Bertz CT molecular complexity index is 427. The molecule has 1 aromatic carbocycles. The second kappa shape index (κ2) is 4.49. The summed E-state index contributed by atoms with van der Waals surface area (Å²) in [4.78, 5) is 2.59. The van der Waals surface area contributed by atoms with Gasteiger partial charge in [-0.05, 0) is 48.8 Å². The third-order valence-electron chi connectivity index (χ3n) is 4.53. The van der Waals surface area contributed by atoms with Crippen LogP contribution >= 0.6 is 0 Å². The first kappa shape index (κ1) is 11.9. The average molecular weight is 244 g/mol. The van der Waals surface area contributed by atoms with E-state index in [1.54, 1.807) is 5.56 Å². The van der Waals surface area contributed by atoms with E-state index in [9.17, 15) is 0 Å². The zero-order valence-corrected chi connectivity index (χ0v) is 11.6. The Morgan fingerprint density at radius 2 is 1.94 bits per heavy atom. The molecule has 1 N–H and O–H groups in total. The lowest BCUT2D eigenvalue weighted by Gasteiger charge is -2.39. The molecule has 98 valence electrons. The van der Waals surface area contributed by atoms with Crippen LogP contribution in [0.1, 0.15) is 38.7 Å². The first-order chi connectivity index (χ1) is 8.66. The van der Waals surface area contributed by atoms with Gasteiger partial charge in [-0.3, -0.25) is 0 Å². The number of anilines is 2. The Kier molecular flexibility index (Phi) is 2.96. The smallest absolute Gasteiger partial charge is 0.0419 e. The van der Waals surface area contributed by atoms with Crippen LogP contribution in [0.2, 0.25) is 0 Å². The molecule has 3 rings (SSSR count). The summed E-state index contributed by atoms with van der Waals surface area (Å²) in [7, 11) is 0. The van der Waals surface area contributed by atoms with E-state index in [1.807, 2.05) is 0 Å². The van der Waals surface area contributed by atoms with E-state index in [1.165, 1.54) is 50.1 Å². The molecule has 0 saturated carbocycles. The van der Waals surface area contributed by atoms with E-state index in [0.29, 0.717) is 5.41 Å². The lowest BCUT2D eigenvalue weighted by atomic mass is 9.82. The lowest BCUT2D eigenvalue weighted by molar-refractivity contribution is 0.279. The standard InChI is InChI=1S/C16H24N2/c1-16(2)8-11-18(12-9-16)15-7-3-6-14-13(15)5-4-10-17-14/h3,6-7,17H,4-5,8-12H2,1-2H3. The predicted molar refractivity (Wildman–Crippen MR) is 78.5 cm³/mol. The van der Waals surface area contributed by atoms with E-state index in [0.717, 1.165) is 6.54 Å². The SMILES string of the molecule is CC1(C)CCN(c2cccc3c2CCCN3)CC1. The van der Waals surface area contributed by atoms with Crippen LogP contribution in [-0.4, -0.2) is 19.6 Å². The molecule has 0 atom stereocenters. The zero-order chi connectivity index (χ0) is 12.6. The van der Waals surface area contributed by atoms with Crippen molar-refractivity contribution in [3.05, 3.63) is 23.8 Å². The van der Waals surface area contributed by atoms with Gasteiger partial charge in [0.25, 0.3) is 0 Å². The van der Waals surface area contributed by atoms with E-state index in [-0.39, 0.29) is 0 Å². The van der Waals surface area contributed by atoms with Crippen LogP contribution in [0.5, 0.6) is 0 Å². The topological polar surface area (TPSA) is 15.3 Å². The first-order valence-corrected chi connectivity index (χ1v) is 7.26. The summed E-state index contributed by atoms with van der Waals surface area (Å²) in [6.07, 6.45) is 5.12. The van der Waals surface area contributed by atoms with Crippen molar-refractivity contribution in [3.8, 4) is 0 Å². The van der Waals surface area contributed by atoms with Crippen LogP contribution in [0.15, 0.2) is 18.2 Å². The van der Waals surface area contributed by atoms with Crippen LogP contribution in [0.3, 0.4) is 0 Å². The minimum Gasteiger partial charge on any atom is -0.385 e. The maximum atomic E-state index is 3.53. The normalized spacial score (nSPS) is 22.2. The zero-order valence-electron chi connectivity index (χ0n) is 11.6. The minimum absolute atomic E-state index is 0.531. The number of nitrogens with zero attached hydrogens (tertiary/aromatic N) is 1. The maximum Gasteiger partial charge on any atom is 0.0419 e. The molecule has 2 heterocycles. The average Bonchev–Trinajstić information content (AvgIpc) is 2.38. The largest absolute Gasteiger partial charge is 0.385 e. The van der Waals surface area contributed by atoms with Gasteiger partial charge in [-0.2, -0.15) is 0 Å². The molecule has 2 aliphatic rings. The molecule has 0 radical (unpaired) electrons. The Balaban J connectivity index is 1.85. The van der Waals surface area contributed by atoms with Crippen molar-refractivity contribution in [3.63, 3.8) is 0 Å². The third-order valence-corrected chi connectivity index (χ3v) is 4.53. The molecule has 0 spiro atoms. The van der Waals surface area contributed by atoms with Gasteiger partial charge in [-0.25, -0.2) is 0 Å². The molecule has 1 saturated heterocycles. The summed E-state index contributed by atoms with van der Waals surface area (Å²) in [5, 5.41) is 3.53. The number of piperidine rings is 1. The van der Waals surface area contributed by atoms with Crippen molar-refractivity contribution in [2.45, 2.75) is 39.5 Å². The van der Waals surface area contributed by atoms with Gasteiger partial charge in [0.05, 0.1) is 0 Å². The Labute approximate surface area is 110 Å². The fourth-order valence-electron chi connectivity index (χ4n) is 3.14. The van der Waals surface area contributed by atoms with Gasteiger partial charge in [-0.1, -0.05) is 19.9 Å². The van der Waals surface area contributed by atoms with Crippen LogP contribution in [0, 0.1) is 5.41 Å². The molecule has 2 nitrogen and oxygen atoms in total. The second-order valence-electron chi connectivity index (χ2n) is 6.48. The van der Waals surface area contributed by atoms with Gasteiger partial charge < -0.3 is 10.2 Å². The highest BCUT2D eigenvalue weighted by atomic mass is 15.1. The van der Waals surface area contributed by atoms with Gasteiger partial charge in [0, 0.05) is 31.0 Å². The Morgan fingerprint density at radius 1 is 1.17 bits per heavy atom. The van der Waals surface area contributed by atoms with Crippen LogP contribution in [0.25, 0.3) is 0 Å². The Hall–Kier alpha value is -1.18. The predicted octanol–water partition coefficient (Wildman–Crippen LogP) is 3.67. The van der Waals surface area contributed by atoms with Gasteiger partial charge in [0.1, 0.15) is 0 Å². The molecule has 2 aliphatic heterocycles. The molecule has 0 amide bonds. The fraction of sp³-hybridized carbons (Fsp3) is 0.625. The Morgan fingerprint density at radius 3 is 2.72 bits per heavy atom. The van der Waals surface area contributed by atoms with Crippen LogP contribution in [0.4, 0.5) is 11.4 Å². The molecular weight excluding hydrogens is 220 g/mol. The molecule has 0 aliphatic carbocycles. The molecule has 0 aromatic heterocycles. The van der Waals surface area contributed by atoms with Crippen LogP contribution in [-0.2, 0) is 6.42 Å². The summed E-state index contributed by atoms with van der Waals surface area (Å²) in [6, 6.07) is 6.74. The highest BCUT2D eigenvalue weighted by molar-refractivity contribution is 5.68. The summed E-state index contributed by atoms with van der Waals surface area (Å²) in [6.45, 7) is 8.34. The van der Waals surface area contributed by atoms with E-state index in [2.05, 4.69) is 42.3 Å². The summed E-state index contributed by atoms with van der Waals surface area (Å²) in [5.41, 5.74) is 4.92. The number of benzene rings is 1. The molecule has 18 heavy (non-hydrogen) atoms. The quantitative estimate of drug-likeness (QED) is 0.811. The molecule has 0 unspecified atom stereocenters. The van der Waals surface area contributed by atoms with Gasteiger partial charge in [0.2, 0.25) is 0 Å². The van der Waals surface area contributed by atoms with E-state index in [4.69, 9.17) is 0 Å². The second-order valence-corrected chi connectivity index (χ2v) is 6.48. The molecule has 1 fully saturated rings. The molecule has 2 heteroatoms. The highest BCUT2D eigenvalue weighted by Crippen LogP contribution is 2.36. The highest BCUT2D eigenvalue weighted by Gasteiger charge is 2.27. The number of hydrogen-bond donors (Lipinski definition) is 1. The third kappa shape index (κ3) is 2.21. The van der Waals surface area contributed by atoms with Crippen LogP contribution < -0.4 is 10.2 Å². The number of rotatable bonds is 1. The van der Waals surface area contributed by atoms with Gasteiger partial charge in [0.15, 0.2) is 0 Å².